The normalized spacial score (nSPS) is 15.8. The Balaban J connectivity index is 1.30. The van der Waals surface area contributed by atoms with Gasteiger partial charge in [-0.25, -0.2) is 18.6 Å². The van der Waals surface area contributed by atoms with Crippen LogP contribution in [0, 0.1) is 17.6 Å². The van der Waals surface area contributed by atoms with Gasteiger partial charge >= 0.3 is 6.03 Å². The van der Waals surface area contributed by atoms with E-state index in [4.69, 9.17) is 16.6 Å². The molecule has 1 aliphatic heterocycles. The zero-order valence-corrected chi connectivity index (χ0v) is 21.4. The van der Waals surface area contributed by atoms with Crippen LogP contribution in [0.5, 0.6) is 0 Å². The number of fused-ring (bicyclic) bond motifs is 1. The lowest BCUT2D eigenvalue weighted by molar-refractivity contribution is 0.180. The quantitative estimate of drug-likeness (QED) is 0.287. The summed E-state index contributed by atoms with van der Waals surface area (Å²) in [5.41, 5.74) is 2.41. The number of nitrogens with zero attached hydrogens (tertiary/aromatic N) is 4. The highest BCUT2D eigenvalue weighted by Crippen LogP contribution is 2.30. The molecule has 3 heterocycles. The first-order valence-corrected chi connectivity index (χ1v) is 12.6. The van der Waals surface area contributed by atoms with Crippen LogP contribution in [0.3, 0.4) is 0 Å². The molecule has 0 aliphatic carbocycles. The summed E-state index contributed by atoms with van der Waals surface area (Å²) >= 11 is 9.93. The summed E-state index contributed by atoms with van der Waals surface area (Å²) in [5.74, 6) is -1.02. The predicted molar refractivity (Wildman–Crippen MR) is 139 cm³/mol. The number of rotatable bonds is 5. The average molecular weight is 576 g/mol. The fraction of sp³-hybridized carbons (Fsp3) is 0.240. The molecule has 0 spiro atoms. The van der Waals surface area contributed by atoms with Crippen molar-refractivity contribution in [3.8, 4) is 11.3 Å². The van der Waals surface area contributed by atoms with Crippen molar-refractivity contribution < 1.29 is 13.6 Å². The first-order valence-electron chi connectivity index (χ1n) is 11.4. The first kappa shape index (κ1) is 24.5. The molecular formula is C25H22BrClF2N6O. The van der Waals surface area contributed by atoms with E-state index in [1.165, 1.54) is 6.07 Å². The molecule has 1 unspecified atom stereocenters. The second kappa shape index (κ2) is 10.4. The summed E-state index contributed by atoms with van der Waals surface area (Å²) in [6.45, 7) is 1.72. The van der Waals surface area contributed by atoms with E-state index in [1.54, 1.807) is 15.6 Å². The van der Waals surface area contributed by atoms with Gasteiger partial charge < -0.3 is 15.5 Å². The van der Waals surface area contributed by atoms with Gasteiger partial charge in [-0.3, -0.25) is 0 Å². The maximum absolute atomic E-state index is 13.5. The fourth-order valence-electron chi connectivity index (χ4n) is 4.31. The number of carbonyl (C=O) groups is 1. The van der Waals surface area contributed by atoms with Gasteiger partial charge in [0.05, 0.1) is 16.4 Å². The van der Waals surface area contributed by atoms with E-state index in [-0.39, 0.29) is 17.6 Å². The standard InChI is InChI=1S/C25H22BrClF2N6O/c26-18-13-31-35-23(11-22(33-24(18)35)17-5-1-2-6-19(17)27)30-12-15-4-3-9-34(14-15)25(36)32-16-7-8-20(28)21(29)10-16/h1-2,5-8,10-11,13,15,30H,3-4,9,12,14H2,(H,32,36). The number of likely N-dealkylation sites (tertiary alicyclic amines) is 1. The van der Waals surface area contributed by atoms with Crippen LogP contribution >= 0.6 is 27.5 Å². The number of benzene rings is 2. The Bertz CT molecular complexity index is 1430. The Kier molecular flexibility index (Phi) is 7.06. The van der Waals surface area contributed by atoms with E-state index in [9.17, 15) is 13.6 Å². The van der Waals surface area contributed by atoms with E-state index in [0.717, 1.165) is 40.8 Å². The molecule has 2 amide bonds. The van der Waals surface area contributed by atoms with Crippen LogP contribution in [-0.2, 0) is 0 Å². The van der Waals surface area contributed by atoms with Crippen molar-refractivity contribution in [3.63, 3.8) is 0 Å². The highest BCUT2D eigenvalue weighted by Gasteiger charge is 2.24. The molecule has 2 aromatic heterocycles. The molecule has 1 saturated heterocycles. The molecule has 1 atom stereocenters. The van der Waals surface area contributed by atoms with Gasteiger partial charge in [0.25, 0.3) is 0 Å². The number of anilines is 2. The van der Waals surface area contributed by atoms with Crippen molar-refractivity contribution in [3.05, 3.63) is 75.9 Å². The molecule has 5 rings (SSSR count). The highest BCUT2D eigenvalue weighted by molar-refractivity contribution is 9.10. The van der Waals surface area contributed by atoms with Gasteiger partial charge in [0.15, 0.2) is 17.3 Å². The second-order valence-electron chi connectivity index (χ2n) is 8.63. The Morgan fingerprint density at radius 3 is 2.81 bits per heavy atom. The Hall–Kier alpha value is -3.24. The molecule has 0 saturated carbocycles. The lowest BCUT2D eigenvalue weighted by Crippen LogP contribution is -2.44. The second-order valence-corrected chi connectivity index (χ2v) is 9.89. The molecule has 4 aromatic rings. The largest absolute Gasteiger partial charge is 0.370 e. The molecule has 1 fully saturated rings. The van der Waals surface area contributed by atoms with Gasteiger partial charge in [-0.1, -0.05) is 29.8 Å². The van der Waals surface area contributed by atoms with Gasteiger partial charge in [-0.05, 0) is 52.9 Å². The monoisotopic (exact) mass is 574 g/mol. The number of hydrogen-bond donors (Lipinski definition) is 2. The number of carbonyl (C=O) groups excluding carboxylic acids is 1. The lowest BCUT2D eigenvalue weighted by atomic mass is 9.98. The predicted octanol–water partition coefficient (Wildman–Crippen LogP) is 6.45. The third-order valence-electron chi connectivity index (χ3n) is 6.13. The molecule has 1 aliphatic rings. The number of piperidine rings is 1. The van der Waals surface area contributed by atoms with Crippen LogP contribution < -0.4 is 10.6 Å². The summed E-state index contributed by atoms with van der Waals surface area (Å²) in [4.78, 5) is 19.2. The van der Waals surface area contributed by atoms with Crippen molar-refractivity contribution in [2.24, 2.45) is 5.92 Å². The number of aromatic nitrogens is 3. The molecule has 7 nitrogen and oxygen atoms in total. The highest BCUT2D eigenvalue weighted by atomic mass is 79.9. The third-order valence-corrected chi connectivity index (χ3v) is 7.02. The van der Waals surface area contributed by atoms with Crippen LogP contribution in [0.4, 0.5) is 25.1 Å². The first-order chi connectivity index (χ1) is 17.4. The zero-order chi connectivity index (χ0) is 25.2. The van der Waals surface area contributed by atoms with Gasteiger partial charge in [-0.2, -0.15) is 9.61 Å². The molecule has 2 aromatic carbocycles. The summed E-state index contributed by atoms with van der Waals surface area (Å²) in [6.07, 6.45) is 3.46. The van der Waals surface area contributed by atoms with Crippen LogP contribution in [-0.4, -0.2) is 45.2 Å². The zero-order valence-electron chi connectivity index (χ0n) is 19.0. The lowest BCUT2D eigenvalue weighted by Gasteiger charge is -2.33. The minimum atomic E-state index is -1.00. The van der Waals surface area contributed by atoms with Crippen molar-refractivity contribution in [1.82, 2.24) is 19.5 Å². The summed E-state index contributed by atoms with van der Waals surface area (Å²) in [5, 5.41) is 11.1. The molecule has 2 N–H and O–H groups in total. The molecule has 186 valence electrons. The van der Waals surface area contributed by atoms with E-state index >= 15 is 0 Å². The van der Waals surface area contributed by atoms with Crippen molar-refractivity contribution in [1.29, 1.82) is 0 Å². The van der Waals surface area contributed by atoms with Gasteiger partial charge in [0.2, 0.25) is 0 Å². The average Bonchev–Trinajstić information content (AvgIpc) is 3.26. The number of urea groups is 1. The topological polar surface area (TPSA) is 74.6 Å². The minimum Gasteiger partial charge on any atom is -0.370 e. The van der Waals surface area contributed by atoms with E-state index < -0.39 is 11.6 Å². The van der Waals surface area contributed by atoms with Crippen molar-refractivity contribution in [2.75, 3.05) is 30.3 Å². The van der Waals surface area contributed by atoms with E-state index in [2.05, 4.69) is 31.7 Å². The molecule has 11 heteroatoms. The van der Waals surface area contributed by atoms with Gasteiger partial charge in [0, 0.05) is 48.0 Å². The maximum atomic E-state index is 13.5. The van der Waals surface area contributed by atoms with E-state index in [0.29, 0.717) is 36.0 Å². The van der Waals surface area contributed by atoms with E-state index in [1.807, 2.05) is 30.3 Å². The Morgan fingerprint density at radius 2 is 2.00 bits per heavy atom. The van der Waals surface area contributed by atoms with Crippen LogP contribution in [0.25, 0.3) is 16.9 Å². The Morgan fingerprint density at radius 1 is 1.17 bits per heavy atom. The third kappa shape index (κ3) is 5.15. The maximum Gasteiger partial charge on any atom is 0.321 e. The van der Waals surface area contributed by atoms with Gasteiger partial charge in [0.1, 0.15) is 5.82 Å². The molecule has 36 heavy (non-hydrogen) atoms. The number of nitrogens with one attached hydrogen (secondary N) is 2. The SMILES string of the molecule is O=C(Nc1ccc(F)c(F)c1)N1CCCC(CNc2cc(-c3ccccc3Cl)nc3c(Br)cnn23)C1. The molecule has 0 radical (unpaired) electrons. The number of hydrogen-bond acceptors (Lipinski definition) is 4. The summed E-state index contributed by atoms with van der Waals surface area (Å²) in [6, 6.07) is 12.4. The summed E-state index contributed by atoms with van der Waals surface area (Å²) in [7, 11) is 0. The van der Waals surface area contributed by atoms with Crippen molar-refractivity contribution >= 4 is 50.7 Å². The minimum absolute atomic E-state index is 0.181. The number of amides is 2. The fourth-order valence-corrected chi connectivity index (χ4v) is 4.89. The number of halogens is 4. The van der Waals surface area contributed by atoms with Crippen molar-refractivity contribution in [2.45, 2.75) is 12.8 Å². The Labute approximate surface area is 219 Å². The van der Waals surface area contributed by atoms with Gasteiger partial charge in [-0.15, -0.1) is 0 Å². The smallest absolute Gasteiger partial charge is 0.321 e. The summed E-state index contributed by atoms with van der Waals surface area (Å²) < 4.78 is 29.2. The van der Waals surface area contributed by atoms with Crippen LogP contribution in [0.15, 0.2) is 59.2 Å². The molecular weight excluding hydrogens is 554 g/mol. The van der Waals surface area contributed by atoms with Crippen LogP contribution in [0.1, 0.15) is 12.8 Å². The molecule has 0 bridgehead atoms. The van der Waals surface area contributed by atoms with Crippen LogP contribution in [0.2, 0.25) is 5.02 Å².